The van der Waals surface area contributed by atoms with E-state index in [1.807, 2.05) is 19.1 Å². The summed E-state index contributed by atoms with van der Waals surface area (Å²) >= 11 is 0. The summed E-state index contributed by atoms with van der Waals surface area (Å²) in [6, 6.07) is 34.5. The van der Waals surface area contributed by atoms with Gasteiger partial charge in [0.15, 0.2) is 0 Å². The molecule has 1 aliphatic carbocycles. The van der Waals surface area contributed by atoms with Gasteiger partial charge in [-0.2, -0.15) is 0 Å². The monoisotopic (exact) mass is 718 g/mol. The van der Waals surface area contributed by atoms with Crippen molar-refractivity contribution in [3.63, 3.8) is 0 Å². The molecule has 0 bridgehead atoms. The molecule has 5 heteroatoms. The lowest BCUT2D eigenvalue weighted by Crippen LogP contribution is -2.31. The molecule has 0 spiro atoms. The van der Waals surface area contributed by atoms with Gasteiger partial charge in [0.1, 0.15) is 31.3 Å². The second-order valence-corrected chi connectivity index (χ2v) is 15.2. The second kappa shape index (κ2) is 18.8. The van der Waals surface area contributed by atoms with Gasteiger partial charge >= 0.3 is 5.97 Å². The number of fused-ring (bicyclic) bond motifs is 3. The van der Waals surface area contributed by atoms with Crippen LogP contribution >= 0.6 is 0 Å². The van der Waals surface area contributed by atoms with Gasteiger partial charge in [-0.05, 0) is 97.2 Å². The van der Waals surface area contributed by atoms with Crippen LogP contribution < -0.4 is 9.47 Å². The van der Waals surface area contributed by atoms with E-state index in [1.165, 1.54) is 47.1 Å². The first-order valence-electron chi connectivity index (χ1n) is 20.2. The van der Waals surface area contributed by atoms with Crippen LogP contribution in [0, 0.1) is 5.41 Å². The number of benzene rings is 4. The number of carbonyl (C=O) groups is 1. The fourth-order valence-corrected chi connectivity index (χ4v) is 8.09. The van der Waals surface area contributed by atoms with Crippen LogP contribution in [0.25, 0.3) is 11.1 Å². The van der Waals surface area contributed by atoms with Crippen molar-refractivity contribution in [3.05, 3.63) is 119 Å². The average molecular weight is 719 g/mol. The Balaban J connectivity index is 1.33. The molecule has 0 amide bonds. The minimum Gasteiger partial charge on any atom is -0.491 e. The van der Waals surface area contributed by atoms with E-state index in [0.717, 1.165) is 62.0 Å². The number of ether oxygens (including phenoxy) is 4. The van der Waals surface area contributed by atoms with E-state index in [-0.39, 0.29) is 18.2 Å². The molecule has 0 aliphatic heterocycles. The third-order valence-corrected chi connectivity index (χ3v) is 11.3. The fourth-order valence-electron chi connectivity index (χ4n) is 8.09. The summed E-state index contributed by atoms with van der Waals surface area (Å²) in [5, 5.41) is 0. The van der Waals surface area contributed by atoms with Crippen molar-refractivity contribution < 1.29 is 23.7 Å². The maximum atomic E-state index is 13.0. The van der Waals surface area contributed by atoms with Crippen LogP contribution in [0.15, 0.2) is 97.1 Å². The lowest BCUT2D eigenvalue weighted by Gasteiger charge is -2.34. The Kier molecular flexibility index (Phi) is 14.2. The Hall–Kier alpha value is -4.09. The Morgan fingerprint density at radius 2 is 1.09 bits per heavy atom. The van der Waals surface area contributed by atoms with Crippen LogP contribution in [0.2, 0.25) is 0 Å². The molecule has 0 saturated carbocycles. The molecular weight excluding hydrogens is 657 g/mol. The van der Waals surface area contributed by atoms with E-state index in [1.54, 1.807) is 0 Å². The van der Waals surface area contributed by atoms with Crippen molar-refractivity contribution in [2.45, 2.75) is 117 Å². The molecule has 0 radical (unpaired) electrons. The van der Waals surface area contributed by atoms with Gasteiger partial charge in [-0.3, -0.25) is 4.79 Å². The van der Waals surface area contributed by atoms with Crippen LogP contribution in [0.4, 0.5) is 0 Å². The number of carbonyl (C=O) groups excluding carboxylic acids is 1. The molecule has 1 aliphatic rings. The van der Waals surface area contributed by atoms with Gasteiger partial charge in [-0.15, -0.1) is 0 Å². The first-order valence-corrected chi connectivity index (χ1v) is 20.2. The van der Waals surface area contributed by atoms with Gasteiger partial charge < -0.3 is 18.9 Å². The van der Waals surface area contributed by atoms with Crippen molar-refractivity contribution >= 4 is 5.97 Å². The van der Waals surface area contributed by atoms with Gasteiger partial charge in [0.05, 0.1) is 23.0 Å². The SMILES string of the molecule is CCCCCC(C)(CC)OCCOc1ccc(C2(c3ccc(OCCOC(=O)C(C)(CCC)CCCC)cc3)c3ccccc3-c3ccccc32)cc1. The van der Waals surface area contributed by atoms with Crippen LogP contribution in [0.5, 0.6) is 11.5 Å². The van der Waals surface area contributed by atoms with E-state index in [0.29, 0.717) is 19.8 Å². The van der Waals surface area contributed by atoms with E-state index < -0.39 is 10.8 Å². The van der Waals surface area contributed by atoms with Crippen LogP contribution in [0.1, 0.15) is 128 Å². The maximum absolute atomic E-state index is 13.0. The van der Waals surface area contributed by atoms with Crippen molar-refractivity contribution in [1.82, 2.24) is 0 Å². The maximum Gasteiger partial charge on any atom is 0.311 e. The highest BCUT2D eigenvalue weighted by atomic mass is 16.6. The van der Waals surface area contributed by atoms with Gasteiger partial charge in [0.25, 0.3) is 0 Å². The normalized spacial score (nSPS) is 15.1. The zero-order valence-corrected chi connectivity index (χ0v) is 33.2. The number of unbranched alkanes of at least 4 members (excludes halogenated alkanes) is 3. The van der Waals surface area contributed by atoms with Gasteiger partial charge in [0.2, 0.25) is 0 Å². The Bertz CT molecular complexity index is 1680. The molecular formula is C48H62O5. The summed E-state index contributed by atoms with van der Waals surface area (Å²) in [6.07, 6.45) is 10.5. The lowest BCUT2D eigenvalue weighted by molar-refractivity contribution is -0.156. The molecule has 53 heavy (non-hydrogen) atoms. The third kappa shape index (κ3) is 9.18. The summed E-state index contributed by atoms with van der Waals surface area (Å²) in [5.41, 5.74) is 6.27. The first-order chi connectivity index (χ1) is 25.7. The van der Waals surface area contributed by atoms with Crippen molar-refractivity contribution in [2.24, 2.45) is 5.41 Å². The van der Waals surface area contributed by atoms with Gasteiger partial charge in [-0.1, -0.05) is 139 Å². The van der Waals surface area contributed by atoms with Gasteiger partial charge in [-0.25, -0.2) is 0 Å². The third-order valence-electron chi connectivity index (χ3n) is 11.3. The Morgan fingerprint density at radius 1 is 0.566 bits per heavy atom. The Labute approximate surface area is 319 Å². The topological polar surface area (TPSA) is 54.0 Å². The van der Waals surface area contributed by atoms with Crippen LogP contribution in [-0.2, 0) is 19.7 Å². The largest absolute Gasteiger partial charge is 0.491 e. The summed E-state index contributed by atoms with van der Waals surface area (Å²) < 4.78 is 24.4. The number of hydrogen-bond acceptors (Lipinski definition) is 5. The van der Waals surface area contributed by atoms with E-state index in [2.05, 4.69) is 120 Å². The summed E-state index contributed by atoms with van der Waals surface area (Å²) in [7, 11) is 0. The zero-order valence-electron chi connectivity index (χ0n) is 33.2. The minimum absolute atomic E-state index is 0.101. The molecule has 0 heterocycles. The molecule has 0 N–H and O–H groups in total. The Morgan fingerprint density at radius 3 is 1.60 bits per heavy atom. The fraction of sp³-hybridized carbons (Fsp3) is 0.479. The van der Waals surface area contributed by atoms with E-state index in [4.69, 9.17) is 18.9 Å². The second-order valence-electron chi connectivity index (χ2n) is 15.2. The molecule has 0 aromatic heterocycles. The number of rotatable bonds is 22. The quantitative estimate of drug-likeness (QED) is 0.0527. The number of esters is 1. The molecule has 0 saturated heterocycles. The zero-order chi connectivity index (χ0) is 37.7. The molecule has 0 fully saturated rings. The standard InChI is InChI=1S/C48H62O5/c1-7-11-17-32-47(6,10-4)53-36-35-51-40-28-24-38(25-29-40)48(43-20-15-13-18-41(43)42-19-14-16-21-44(42)48)37-22-26-39(27-23-37)50-33-34-52-45(49)46(5,30-9-3)31-12-8-2/h13-16,18-29H,7-12,17,30-36H2,1-6H3. The minimum atomic E-state index is -0.521. The highest BCUT2D eigenvalue weighted by Crippen LogP contribution is 2.56. The average Bonchev–Trinajstić information content (AvgIpc) is 3.49. The smallest absolute Gasteiger partial charge is 0.311 e. The highest BCUT2D eigenvalue weighted by Gasteiger charge is 2.46. The molecule has 5 nitrogen and oxygen atoms in total. The summed E-state index contributed by atoms with van der Waals surface area (Å²) in [5.74, 6) is 1.47. The van der Waals surface area contributed by atoms with E-state index >= 15 is 0 Å². The first kappa shape index (κ1) is 40.1. The summed E-state index contributed by atoms with van der Waals surface area (Å²) in [4.78, 5) is 13.0. The molecule has 4 aromatic rings. The molecule has 5 rings (SSSR count). The molecule has 2 atom stereocenters. The van der Waals surface area contributed by atoms with Crippen molar-refractivity contribution in [3.8, 4) is 22.6 Å². The van der Waals surface area contributed by atoms with Crippen LogP contribution in [0.3, 0.4) is 0 Å². The lowest BCUT2D eigenvalue weighted by atomic mass is 9.68. The van der Waals surface area contributed by atoms with Crippen LogP contribution in [-0.4, -0.2) is 38.0 Å². The van der Waals surface area contributed by atoms with E-state index in [9.17, 15) is 4.79 Å². The highest BCUT2D eigenvalue weighted by molar-refractivity contribution is 5.86. The predicted octanol–water partition coefficient (Wildman–Crippen LogP) is 12.1. The van der Waals surface area contributed by atoms with Crippen molar-refractivity contribution in [2.75, 3.05) is 26.4 Å². The predicted molar refractivity (Wildman–Crippen MR) is 217 cm³/mol. The summed E-state index contributed by atoms with van der Waals surface area (Å²) in [6.45, 7) is 14.6. The molecule has 2 unspecified atom stereocenters. The molecule has 4 aromatic carbocycles. The molecule has 284 valence electrons. The number of hydrogen-bond donors (Lipinski definition) is 0. The van der Waals surface area contributed by atoms with Gasteiger partial charge in [0, 0.05) is 0 Å². The van der Waals surface area contributed by atoms with Crippen molar-refractivity contribution in [1.29, 1.82) is 0 Å².